The van der Waals surface area contributed by atoms with Crippen LogP contribution in [0, 0.1) is 5.92 Å². The summed E-state index contributed by atoms with van der Waals surface area (Å²) in [5, 5.41) is 0.709. The number of benzene rings is 1. The summed E-state index contributed by atoms with van der Waals surface area (Å²) in [5.74, 6) is 1.49. The second kappa shape index (κ2) is 4.22. The van der Waals surface area contributed by atoms with Gasteiger partial charge in [-0.15, -0.1) is 0 Å². The molecule has 1 heterocycles. The number of nitrogens with zero attached hydrogens (tertiary/aromatic N) is 2. The largest absolute Gasteiger partial charge is 0.369 e. The lowest BCUT2D eigenvalue weighted by molar-refractivity contribution is 0.284. The smallest absolute Gasteiger partial charge is 0.201 e. The van der Waals surface area contributed by atoms with Crippen molar-refractivity contribution in [3.8, 4) is 0 Å². The Balaban J connectivity index is 1.88. The van der Waals surface area contributed by atoms with Crippen molar-refractivity contribution in [2.24, 2.45) is 5.92 Å². The summed E-state index contributed by atoms with van der Waals surface area (Å²) in [4.78, 5) is 4.35. The van der Waals surface area contributed by atoms with Crippen molar-refractivity contribution in [3.63, 3.8) is 0 Å². The number of nitrogens with two attached hydrogens (primary N) is 1. The number of hydrogen-bond donors (Lipinski definition) is 1. The summed E-state index contributed by atoms with van der Waals surface area (Å²) in [6.45, 7) is 0.967. The van der Waals surface area contributed by atoms with Crippen molar-refractivity contribution in [1.29, 1.82) is 0 Å². The van der Waals surface area contributed by atoms with Crippen LogP contribution in [0.1, 0.15) is 25.7 Å². The summed E-state index contributed by atoms with van der Waals surface area (Å²) in [7, 11) is 0. The van der Waals surface area contributed by atoms with Crippen LogP contribution in [0.5, 0.6) is 0 Å². The Bertz CT molecular complexity index is 543. The third kappa shape index (κ3) is 2.00. The molecule has 3 rings (SSSR count). The van der Waals surface area contributed by atoms with Crippen LogP contribution in [0.4, 0.5) is 5.95 Å². The first-order valence-corrected chi connectivity index (χ1v) is 6.53. The van der Waals surface area contributed by atoms with Gasteiger partial charge in [-0.1, -0.05) is 30.9 Å². The Morgan fingerprint density at radius 3 is 2.94 bits per heavy atom. The number of anilines is 1. The van der Waals surface area contributed by atoms with E-state index in [-0.39, 0.29) is 0 Å². The number of aryl methyl sites for hydroxylation is 1. The number of aromatic nitrogens is 2. The summed E-state index contributed by atoms with van der Waals surface area (Å²) in [5.41, 5.74) is 7.94. The molecule has 1 fully saturated rings. The number of nitrogen functional groups attached to an aromatic ring is 1. The molecule has 0 spiro atoms. The molecule has 1 aliphatic rings. The van der Waals surface area contributed by atoms with Crippen LogP contribution < -0.4 is 5.73 Å². The summed E-state index contributed by atoms with van der Waals surface area (Å²) in [6.07, 6.45) is 5.34. The van der Waals surface area contributed by atoms with Gasteiger partial charge >= 0.3 is 0 Å². The van der Waals surface area contributed by atoms with E-state index in [2.05, 4.69) is 9.55 Å². The Morgan fingerprint density at radius 2 is 2.24 bits per heavy atom. The minimum Gasteiger partial charge on any atom is -0.369 e. The second-order valence-corrected chi connectivity index (χ2v) is 5.28. The molecule has 1 saturated carbocycles. The van der Waals surface area contributed by atoms with Gasteiger partial charge in [-0.3, -0.25) is 0 Å². The summed E-state index contributed by atoms with van der Waals surface area (Å²) in [6, 6.07) is 5.76. The molecule has 0 bridgehead atoms. The van der Waals surface area contributed by atoms with E-state index in [4.69, 9.17) is 17.3 Å². The molecule has 0 amide bonds. The fourth-order valence-corrected chi connectivity index (χ4v) is 2.62. The van der Waals surface area contributed by atoms with Crippen LogP contribution in [0.15, 0.2) is 18.2 Å². The highest BCUT2D eigenvalue weighted by molar-refractivity contribution is 6.31. The Morgan fingerprint density at radius 1 is 1.41 bits per heavy atom. The van der Waals surface area contributed by atoms with E-state index in [0.717, 1.165) is 23.5 Å². The Hall–Kier alpha value is -1.22. The van der Waals surface area contributed by atoms with Crippen LogP contribution in [-0.4, -0.2) is 9.55 Å². The van der Waals surface area contributed by atoms with Crippen molar-refractivity contribution in [2.45, 2.75) is 32.2 Å². The van der Waals surface area contributed by atoms with E-state index in [0.29, 0.717) is 11.0 Å². The van der Waals surface area contributed by atoms with Gasteiger partial charge in [-0.05, 0) is 30.5 Å². The lowest BCUT2D eigenvalue weighted by Crippen LogP contribution is -2.14. The first kappa shape index (κ1) is 10.9. The molecule has 17 heavy (non-hydrogen) atoms. The molecule has 2 N–H and O–H groups in total. The van der Waals surface area contributed by atoms with E-state index in [1.165, 1.54) is 25.7 Å². The first-order chi connectivity index (χ1) is 8.24. The standard InChI is InChI=1S/C13H16ClN3/c14-10-4-5-12-11(8-10)16-13(15)17(12)7-6-9-2-1-3-9/h4-5,8-9H,1-3,6-7H2,(H2,15,16). The Labute approximate surface area is 106 Å². The zero-order valence-electron chi connectivity index (χ0n) is 9.69. The van der Waals surface area contributed by atoms with Crippen LogP contribution >= 0.6 is 11.6 Å². The van der Waals surface area contributed by atoms with Crippen LogP contribution in [-0.2, 0) is 6.54 Å². The Kier molecular flexibility index (Phi) is 2.71. The molecule has 1 aromatic carbocycles. The van der Waals surface area contributed by atoms with Crippen LogP contribution in [0.25, 0.3) is 11.0 Å². The molecule has 3 nitrogen and oxygen atoms in total. The topological polar surface area (TPSA) is 43.8 Å². The van der Waals surface area contributed by atoms with E-state index in [9.17, 15) is 0 Å². The predicted molar refractivity (Wildman–Crippen MR) is 71.1 cm³/mol. The molecule has 0 atom stereocenters. The molecular formula is C13H16ClN3. The first-order valence-electron chi connectivity index (χ1n) is 6.15. The van der Waals surface area contributed by atoms with Crippen molar-refractivity contribution < 1.29 is 0 Å². The van der Waals surface area contributed by atoms with E-state index in [1.54, 1.807) is 0 Å². The molecule has 2 aromatic rings. The minimum absolute atomic E-state index is 0.599. The summed E-state index contributed by atoms with van der Waals surface area (Å²) < 4.78 is 2.10. The fraction of sp³-hybridized carbons (Fsp3) is 0.462. The van der Waals surface area contributed by atoms with Gasteiger partial charge in [-0.2, -0.15) is 0 Å². The molecular weight excluding hydrogens is 234 g/mol. The second-order valence-electron chi connectivity index (χ2n) is 4.84. The van der Waals surface area contributed by atoms with Gasteiger partial charge in [0.15, 0.2) is 0 Å². The lowest BCUT2D eigenvalue weighted by Gasteiger charge is -2.25. The highest BCUT2D eigenvalue weighted by Gasteiger charge is 2.18. The maximum atomic E-state index is 5.96. The molecule has 4 heteroatoms. The van der Waals surface area contributed by atoms with Gasteiger partial charge in [-0.25, -0.2) is 4.98 Å². The zero-order valence-corrected chi connectivity index (χ0v) is 10.5. The molecule has 1 aliphatic carbocycles. The highest BCUT2D eigenvalue weighted by Crippen LogP contribution is 2.31. The zero-order chi connectivity index (χ0) is 11.8. The average Bonchev–Trinajstić information content (AvgIpc) is 2.52. The van der Waals surface area contributed by atoms with Crippen LogP contribution in [0.2, 0.25) is 5.02 Å². The molecule has 0 aliphatic heterocycles. The number of halogens is 1. The van der Waals surface area contributed by atoms with Crippen molar-refractivity contribution >= 4 is 28.6 Å². The lowest BCUT2D eigenvalue weighted by atomic mass is 9.83. The van der Waals surface area contributed by atoms with Crippen molar-refractivity contribution in [3.05, 3.63) is 23.2 Å². The van der Waals surface area contributed by atoms with Gasteiger partial charge in [0.2, 0.25) is 5.95 Å². The highest BCUT2D eigenvalue weighted by atomic mass is 35.5. The summed E-state index contributed by atoms with van der Waals surface area (Å²) >= 11 is 5.95. The predicted octanol–water partition coefficient (Wildman–Crippen LogP) is 3.46. The average molecular weight is 250 g/mol. The van der Waals surface area contributed by atoms with Crippen molar-refractivity contribution in [1.82, 2.24) is 9.55 Å². The fourth-order valence-electron chi connectivity index (χ4n) is 2.45. The van der Waals surface area contributed by atoms with Crippen LogP contribution in [0.3, 0.4) is 0 Å². The SMILES string of the molecule is Nc1nc2cc(Cl)ccc2n1CCC1CCC1. The number of rotatable bonds is 3. The van der Waals surface area contributed by atoms with Gasteiger partial charge < -0.3 is 10.3 Å². The molecule has 1 aromatic heterocycles. The van der Waals surface area contributed by atoms with Crippen molar-refractivity contribution in [2.75, 3.05) is 5.73 Å². The van der Waals surface area contributed by atoms with Gasteiger partial charge in [0.05, 0.1) is 11.0 Å². The van der Waals surface area contributed by atoms with E-state index < -0.39 is 0 Å². The van der Waals surface area contributed by atoms with E-state index in [1.807, 2.05) is 18.2 Å². The molecule has 0 radical (unpaired) electrons. The normalized spacial score (nSPS) is 16.3. The molecule has 0 saturated heterocycles. The molecule has 0 unspecified atom stereocenters. The van der Waals surface area contributed by atoms with Gasteiger partial charge in [0.25, 0.3) is 0 Å². The van der Waals surface area contributed by atoms with Gasteiger partial charge in [0.1, 0.15) is 0 Å². The van der Waals surface area contributed by atoms with E-state index >= 15 is 0 Å². The number of fused-ring (bicyclic) bond motifs is 1. The third-order valence-electron chi connectivity index (χ3n) is 3.73. The number of imidazole rings is 1. The number of hydrogen-bond acceptors (Lipinski definition) is 2. The third-order valence-corrected chi connectivity index (χ3v) is 3.96. The monoisotopic (exact) mass is 249 g/mol. The molecule has 90 valence electrons. The minimum atomic E-state index is 0.599. The maximum Gasteiger partial charge on any atom is 0.201 e. The maximum absolute atomic E-state index is 5.96. The van der Waals surface area contributed by atoms with Gasteiger partial charge in [0, 0.05) is 11.6 Å². The quantitative estimate of drug-likeness (QED) is 0.905.